The summed E-state index contributed by atoms with van der Waals surface area (Å²) in [6.45, 7) is 7.50. The summed E-state index contributed by atoms with van der Waals surface area (Å²) in [5.74, 6) is 1.31. The second-order valence-electron chi connectivity index (χ2n) is 8.87. The summed E-state index contributed by atoms with van der Waals surface area (Å²) in [5.41, 5.74) is 8.30. The minimum atomic E-state index is -0.295. The van der Waals surface area contributed by atoms with E-state index in [4.69, 9.17) is 19.5 Å². The Labute approximate surface area is 149 Å². The number of hydrogen-bond acceptors (Lipinski definition) is 4. The van der Waals surface area contributed by atoms with Crippen LogP contribution in [0.1, 0.15) is 45.0 Å². The standard InChI is InChI=1S/C20H26BNO3/c1-19(2)12-8-17(19)20(3)18(9-12)24-21(25-20)15(10-22)14-11-23-16-7-5-4-6-13(14)16/h4-7,11-12,15,17-18H,8-10,22H2,1-3H3/t12-,15-,17-,18+,20-/m0/s1. The van der Waals surface area contributed by atoms with E-state index in [2.05, 4.69) is 26.8 Å². The third kappa shape index (κ3) is 2.00. The number of para-hydroxylation sites is 1. The van der Waals surface area contributed by atoms with E-state index in [-0.39, 0.29) is 24.6 Å². The molecule has 0 radical (unpaired) electrons. The van der Waals surface area contributed by atoms with Crippen LogP contribution in [0.4, 0.5) is 0 Å². The molecule has 1 aliphatic heterocycles. The minimum Gasteiger partial charge on any atom is -0.464 e. The largest absolute Gasteiger partial charge is 0.467 e. The predicted molar refractivity (Wildman–Crippen MR) is 98.1 cm³/mol. The van der Waals surface area contributed by atoms with Crippen molar-refractivity contribution < 1.29 is 13.7 Å². The van der Waals surface area contributed by atoms with E-state index in [0.717, 1.165) is 28.9 Å². The van der Waals surface area contributed by atoms with Gasteiger partial charge in [-0.3, -0.25) is 0 Å². The molecule has 6 rings (SSSR count). The van der Waals surface area contributed by atoms with Crippen LogP contribution in [0.15, 0.2) is 34.9 Å². The SMILES string of the molecule is CC1(C)[C@@H]2C[C@H]3OB([C@@H](CN)c4coc5ccccc45)O[C@@]3(C)[C@H]1C2. The van der Waals surface area contributed by atoms with E-state index in [1.807, 2.05) is 24.5 Å². The zero-order valence-electron chi connectivity index (χ0n) is 15.2. The molecule has 2 N–H and O–H groups in total. The van der Waals surface area contributed by atoms with Crippen LogP contribution in [0, 0.1) is 17.3 Å². The third-order valence-corrected chi connectivity index (χ3v) is 7.46. The van der Waals surface area contributed by atoms with Crippen molar-refractivity contribution in [2.24, 2.45) is 23.0 Å². The van der Waals surface area contributed by atoms with Crippen molar-refractivity contribution in [2.75, 3.05) is 6.54 Å². The number of fused-ring (bicyclic) bond motifs is 1. The highest BCUT2D eigenvalue weighted by molar-refractivity contribution is 6.48. The normalized spacial score (nSPS) is 37.0. The summed E-state index contributed by atoms with van der Waals surface area (Å²) < 4.78 is 18.8. The Hall–Kier alpha value is -1.30. The molecule has 5 heteroatoms. The molecule has 4 nitrogen and oxygen atoms in total. The van der Waals surface area contributed by atoms with E-state index in [9.17, 15) is 0 Å². The van der Waals surface area contributed by atoms with Crippen LogP contribution in [0.3, 0.4) is 0 Å². The van der Waals surface area contributed by atoms with E-state index >= 15 is 0 Å². The number of benzene rings is 1. The summed E-state index contributed by atoms with van der Waals surface area (Å²) in [7, 11) is -0.295. The maximum Gasteiger partial charge on any atom is 0.467 e. The zero-order valence-corrected chi connectivity index (χ0v) is 15.2. The lowest BCUT2D eigenvalue weighted by atomic mass is 9.43. The first-order valence-corrected chi connectivity index (χ1v) is 9.44. The molecule has 4 fully saturated rings. The van der Waals surface area contributed by atoms with Gasteiger partial charge in [-0.05, 0) is 49.6 Å². The quantitative estimate of drug-likeness (QED) is 0.866. The minimum absolute atomic E-state index is 0.00797. The molecule has 2 heterocycles. The molecule has 25 heavy (non-hydrogen) atoms. The maximum absolute atomic E-state index is 6.62. The van der Waals surface area contributed by atoms with Crippen LogP contribution >= 0.6 is 0 Å². The molecule has 3 saturated carbocycles. The Kier molecular flexibility index (Phi) is 3.26. The van der Waals surface area contributed by atoms with Crippen molar-refractivity contribution >= 4 is 18.1 Å². The van der Waals surface area contributed by atoms with Crippen LogP contribution in [0.2, 0.25) is 0 Å². The van der Waals surface area contributed by atoms with Crippen molar-refractivity contribution in [3.8, 4) is 0 Å². The molecule has 132 valence electrons. The second kappa shape index (κ2) is 5.12. The first-order chi connectivity index (χ1) is 11.9. The highest BCUT2D eigenvalue weighted by Gasteiger charge is 2.68. The number of nitrogens with two attached hydrogens (primary N) is 1. The average molecular weight is 339 g/mol. The molecule has 1 aromatic carbocycles. The summed E-state index contributed by atoms with van der Waals surface area (Å²) >= 11 is 0. The van der Waals surface area contributed by atoms with Gasteiger partial charge in [0.05, 0.1) is 18.0 Å². The summed E-state index contributed by atoms with van der Waals surface area (Å²) in [6.07, 6.45) is 4.36. The van der Waals surface area contributed by atoms with E-state index in [0.29, 0.717) is 17.9 Å². The molecule has 3 aliphatic carbocycles. The van der Waals surface area contributed by atoms with Crippen LogP contribution in [0.5, 0.6) is 0 Å². The van der Waals surface area contributed by atoms with Crippen molar-refractivity contribution in [1.82, 2.24) is 0 Å². The molecular weight excluding hydrogens is 313 g/mol. The van der Waals surface area contributed by atoms with Gasteiger partial charge in [-0.2, -0.15) is 0 Å². The van der Waals surface area contributed by atoms with Crippen molar-refractivity contribution in [1.29, 1.82) is 0 Å². The molecule has 2 bridgehead atoms. The van der Waals surface area contributed by atoms with Gasteiger partial charge in [-0.15, -0.1) is 0 Å². The average Bonchev–Trinajstić information content (AvgIpc) is 3.16. The van der Waals surface area contributed by atoms with Crippen LogP contribution in [0.25, 0.3) is 11.0 Å². The summed E-state index contributed by atoms with van der Waals surface area (Å²) in [4.78, 5) is 0. The maximum atomic E-state index is 6.62. The molecule has 4 aliphatic rings. The molecule has 0 unspecified atom stereocenters. The second-order valence-corrected chi connectivity index (χ2v) is 8.87. The molecule has 0 amide bonds. The van der Waals surface area contributed by atoms with Gasteiger partial charge in [0.2, 0.25) is 0 Å². The van der Waals surface area contributed by atoms with Gasteiger partial charge in [-0.1, -0.05) is 32.0 Å². The van der Waals surface area contributed by atoms with E-state index in [1.54, 1.807) is 0 Å². The van der Waals surface area contributed by atoms with Gasteiger partial charge in [-0.25, -0.2) is 0 Å². The fraction of sp³-hybridized carbons (Fsp3) is 0.600. The first-order valence-electron chi connectivity index (χ1n) is 9.44. The number of rotatable bonds is 3. The van der Waals surface area contributed by atoms with E-state index < -0.39 is 0 Å². The third-order valence-electron chi connectivity index (χ3n) is 7.46. The number of furan rings is 1. The van der Waals surface area contributed by atoms with Crippen LogP contribution in [-0.2, 0) is 9.31 Å². The Morgan fingerprint density at radius 1 is 1.24 bits per heavy atom. The Bertz CT molecular complexity index is 818. The fourth-order valence-corrected chi connectivity index (χ4v) is 5.74. The van der Waals surface area contributed by atoms with Gasteiger partial charge in [0, 0.05) is 16.8 Å². The van der Waals surface area contributed by atoms with Gasteiger partial charge >= 0.3 is 7.12 Å². The van der Waals surface area contributed by atoms with Crippen molar-refractivity contribution in [3.05, 3.63) is 36.1 Å². The fourth-order valence-electron chi connectivity index (χ4n) is 5.74. The lowest BCUT2D eigenvalue weighted by molar-refractivity contribution is -0.199. The van der Waals surface area contributed by atoms with Crippen LogP contribution < -0.4 is 5.73 Å². The molecule has 1 aromatic heterocycles. The zero-order chi connectivity index (χ0) is 17.4. The highest BCUT2D eigenvalue weighted by Crippen LogP contribution is 2.66. The summed E-state index contributed by atoms with van der Waals surface area (Å²) in [5, 5.41) is 1.11. The smallest absolute Gasteiger partial charge is 0.464 e. The van der Waals surface area contributed by atoms with Crippen LogP contribution in [-0.4, -0.2) is 25.4 Å². The van der Waals surface area contributed by atoms with Gasteiger partial charge in [0.1, 0.15) is 5.58 Å². The van der Waals surface area contributed by atoms with Gasteiger partial charge in [0.15, 0.2) is 0 Å². The van der Waals surface area contributed by atoms with E-state index in [1.165, 1.54) is 6.42 Å². The number of hydrogen-bond donors (Lipinski definition) is 1. The topological polar surface area (TPSA) is 57.6 Å². The van der Waals surface area contributed by atoms with Gasteiger partial charge in [0.25, 0.3) is 0 Å². The Balaban J connectivity index is 1.48. The Morgan fingerprint density at radius 2 is 2.04 bits per heavy atom. The van der Waals surface area contributed by atoms with Gasteiger partial charge < -0.3 is 19.5 Å². The summed E-state index contributed by atoms with van der Waals surface area (Å²) in [6, 6.07) is 8.09. The molecule has 0 spiro atoms. The first kappa shape index (κ1) is 15.9. The van der Waals surface area contributed by atoms with Crippen molar-refractivity contribution in [2.45, 2.75) is 51.1 Å². The molecular formula is C20H26BNO3. The monoisotopic (exact) mass is 339 g/mol. The van der Waals surface area contributed by atoms with Crippen molar-refractivity contribution in [3.63, 3.8) is 0 Å². The molecule has 1 saturated heterocycles. The Morgan fingerprint density at radius 3 is 2.80 bits per heavy atom. The highest BCUT2D eigenvalue weighted by atomic mass is 16.7. The predicted octanol–water partition coefficient (Wildman–Crippen LogP) is 3.74. The lowest BCUT2D eigenvalue weighted by Gasteiger charge is -2.64. The molecule has 5 atom stereocenters. The lowest BCUT2D eigenvalue weighted by Crippen LogP contribution is -2.65. The molecule has 2 aromatic rings.